The average Bonchev–Trinajstić information content (AvgIpc) is 2.46. The van der Waals surface area contributed by atoms with Crippen LogP contribution in [0.4, 0.5) is 5.69 Å². The standard InChI is InChI=1S/C16H23NO2/c1-4-13-14(16(18)19-3)6-5-7-15(13)17-10-8-12(2)9-11-17/h5-7,12H,4,8-11H2,1-3H3. The molecule has 0 spiro atoms. The molecule has 0 unspecified atom stereocenters. The van der Waals surface area contributed by atoms with Crippen LogP contribution in [0.2, 0.25) is 0 Å². The predicted molar refractivity (Wildman–Crippen MR) is 77.8 cm³/mol. The molecule has 1 saturated heterocycles. The molecule has 1 fully saturated rings. The third-order valence-electron chi connectivity index (χ3n) is 4.03. The van der Waals surface area contributed by atoms with Gasteiger partial charge in [-0.1, -0.05) is 19.9 Å². The van der Waals surface area contributed by atoms with E-state index in [2.05, 4.69) is 24.8 Å². The number of carbonyl (C=O) groups is 1. The van der Waals surface area contributed by atoms with Gasteiger partial charge in [0.15, 0.2) is 0 Å². The number of carbonyl (C=O) groups excluding carboxylic acids is 1. The molecule has 0 saturated carbocycles. The molecule has 0 atom stereocenters. The lowest BCUT2D eigenvalue weighted by molar-refractivity contribution is 0.0599. The predicted octanol–water partition coefficient (Wildman–Crippen LogP) is 3.27. The fourth-order valence-corrected chi connectivity index (χ4v) is 2.79. The molecule has 1 aliphatic heterocycles. The number of nitrogens with zero attached hydrogens (tertiary/aromatic N) is 1. The number of piperidine rings is 1. The van der Waals surface area contributed by atoms with Crippen LogP contribution in [0.15, 0.2) is 18.2 Å². The molecule has 0 bridgehead atoms. The number of anilines is 1. The zero-order chi connectivity index (χ0) is 13.8. The quantitative estimate of drug-likeness (QED) is 0.782. The minimum Gasteiger partial charge on any atom is -0.465 e. The van der Waals surface area contributed by atoms with Gasteiger partial charge in [0.25, 0.3) is 0 Å². The van der Waals surface area contributed by atoms with Crippen molar-refractivity contribution in [3.8, 4) is 0 Å². The molecule has 0 amide bonds. The van der Waals surface area contributed by atoms with Crippen LogP contribution in [-0.4, -0.2) is 26.2 Å². The molecule has 1 aromatic carbocycles. The first-order chi connectivity index (χ1) is 9.17. The first-order valence-corrected chi connectivity index (χ1v) is 7.12. The maximum absolute atomic E-state index is 11.8. The van der Waals surface area contributed by atoms with Crippen molar-refractivity contribution in [2.45, 2.75) is 33.1 Å². The first kappa shape index (κ1) is 13.9. The third-order valence-corrected chi connectivity index (χ3v) is 4.03. The van der Waals surface area contributed by atoms with Crippen molar-refractivity contribution in [2.24, 2.45) is 5.92 Å². The van der Waals surface area contributed by atoms with Crippen LogP contribution >= 0.6 is 0 Å². The Bertz CT molecular complexity index is 448. The molecule has 1 aliphatic rings. The second kappa shape index (κ2) is 6.09. The molecule has 0 radical (unpaired) electrons. The lowest BCUT2D eigenvalue weighted by Gasteiger charge is -2.33. The monoisotopic (exact) mass is 261 g/mol. The summed E-state index contributed by atoms with van der Waals surface area (Å²) in [5.41, 5.74) is 3.03. The van der Waals surface area contributed by atoms with Crippen LogP contribution in [-0.2, 0) is 11.2 Å². The molecule has 1 heterocycles. The van der Waals surface area contributed by atoms with Crippen LogP contribution < -0.4 is 4.90 Å². The Morgan fingerprint density at radius 3 is 2.63 bits per heavy atom. The molecule has 3 heteroatoms. The number of ether oxygens (including phenoxy) is 1. The van der Waals surface area contributed by atoms with E-state index in [0.29, 0.717) is 5.56 Å². The van der Waals surface area contributed by atoms with Crippen LogP contribution in [0, 0.1) is 5.92 Å². The summed E-state index contributed by atoms with van der Waals surface area (Å²) in [6, 6.07) is 5.95. The summed E-state index contributed by atoms with van der Waals surface area (Å²) >= 11 is 0. The minimum absolute atomic E-state index is 0.232. The van der Waals surface area contributed by atoms with Gasteiger partial charge in [-0.2, -0.15) is 0 Å². The van der Waals surface area contributed by atoms with Gasteiger partial charge in [-0.3, -0.25) is 0 Å². The molecule has 1 aromatic rings. The number of hydrogen-bond acceptors (Lipinski definition) is 3. The number of hydrogen-bond donors (Lipinski definition) is 0. The second-order valence-electron chi connectivity index (χ2n) is 5.32. The number of methoxy groups -OCH3 is 1. The van der Waals surface area contributed by atoms with Gasteiger partial charge in [0, 0.05) is 18.8 Å². The number of benzene rings is 1. The van der Waals surface area contributed by atoms with Crippen molar-refractivity contribution in [1.82, 2.24) is 0 Å². The molecule has 19 heavy (non-hydrogen) atoms. The topological polar surface area (TPSA) is 29.5 Å². The molecular weight excluding hydrogens is 238 g/mol. The molecule has 0 aliphatic carbocycles. The van der Waals surface area contributed by atoms with E-state index in [9.17, 15) is 4.79 Å². The molecule has 3 nitrogen and oxygen atoms in total. The van der Waals surface area contributed by atoms with Crippen molar-refractivity contribution >= 4 is 11.7 Å². The van der Waals surface area contributed by atoms with E-state index in [4.69, 9.17) is 4.74 Å². The highest BCUT2D eigenvalue weighted by atomic mass is 16.5. The van der Waals surface area contributed by atoms with E-state index < -0.39 is 0 Å². The number of esters is 1. The van der Waals surface area contributed by atoms with E-state index in [1.54, 1.807) is 0 Å². The average molecular weight is 261 g/mol. The maximum atomic E-state index is 11.8. The zero-order valence-corrected chi connectivity index (χ0v) is 12.1. The van der Waals surface area contributed by atoms with Crippen LogP contribution in [0.5, 0.6) is 0 Å². The highest BCUT2D eigenvalue weighted by molar-refractivity contribution is 5.93. The Balaban J connectivity index is 2.32. The normalized spacial score (nSPS) is 16.5. The molecule has 0 N–H and O–H groups in total. The van der Waals surface area contributed by atoms with Crippen molar-refractivity contribution in [1.29, 1.82) is 0 Å². The number of rotatable bonds is 3. The van der Waals surface area contributed by atoms with Gasteiger partial charge in [-0.05, 0) is 42.9 Å². The fraction of sp³-hybridized carbons (Fsp3) is 0.562. The van der Waals surface area contributed by atoms with E-state index >= 15 is 0 Å². The van der Waals surface area contributed by atoms with E-state index in [1.165, 1.54) is 25.6 Å². The Labute approximate surface area is 115 Å². The summed E-state index contributed by atoms with van der Waals surface area (Å²) in [6.07, 6.45) is 3.31. The highest BCUT2D eigenvalue weighted by Gasteiger charge is 2.21. The fourth-order valence-electron chi connectivity index (χ4n) is 2.79. The summed E-state index contributed by atoms with van der Waals surface area (Å²) < 4.78 is 4.88. The van der Waals surface area contributed by atoms with Crippen LogP contribution in [0.25, 0.3) is 0 Å². The summed E-state index contributed by atoms with van der Waals surface area (Å²) in [5.74, 6) is 0.578. The van der Waals surface area contributed by atoms with Gasteiger partial charge in [0.2, 0.25) is 0 Å². The Hall–Kier alpha value is -1.51. The smallest absolute Gasteiger partial charge is 0.338 e. The molecule has 104 valence electrons. The van der Waals surface area contributed by atoms with Crippen molar-refractivity contribution in [3.05, 3.63) is 29.3 Å². The van der Waals surface area contributed by atoms with Crippen LogP contribution in [0.3, 0.4) is 0 Å². The van der Waals surface area contributed by atoms with E-state index in [-0.39, 0.29) is 5.97 Å². The summed E-state index contributed by atoms with van der Waals surface area (Å²) in [4.78, 5) is 14.2. The first-order valence-electron chi connectivity index (χ1n) is 7.12. The van der Waals surface area contributed by atoms with E-state index in [0.717, 1.165) is 31.0 Å². The van der Waals surface area contributed by atoms with Gasteiger partial charge in [-0.25, -0.2) is 4.79 Å². The van der Waals surface area contributed by atoms with Crippen molar-refractivity contribution in [3.63, 3.8) is 0 Å². The van der Waals surface area contributed by atoms with Gasteiger partial charge in [0.05, 0.1) is 12.7 Å². The van der Waals surface area contributed by atoms with Gasteiger partial charge in [-0.15, -0.1) is 0 Å². The summed E-state index contributed by atoms with van der Waals surface area (Å²) in [7, 11) is 1.44. The van der Waals surface area contributed by atoms with Crippen LogP contribution in [0.1, 0.15) is 42.6 Å². The Kier molecular flexibility index (Phi) is 4.46. The van der Waals surface area contributed by atoms with Gasteiger partial charge in [0.1, 0.15) is 0 Å². The van der Waals surface area contributed by atoms with E-state index in [1.807, 2.05) is 12.1 Å². The molecule has 2 rings (SSSR count). The lowest BCUT2D eigenvalue weighted by Crippen LogP contribution is -2.33. The van der Waals surface area contributed by atoms with Gasteiger partial charge < -0.3 is 9.64 Å². The zero-order valence-electron chi connectivity index (χ0n) is 12.1. The van der Waals surface area contributed by atoms with Crippen molar-refractivity contribution in [2.75, 3.05) is 25.1 Å². The second-order valence-corrected chi connectivity index (χ2v) is 5.32. The Morgan fingerprint density at radius 1 is 1.37 bits per heavy atom. The maximum Gasteiger partial charge on any atom is 0.338 e. The minimum atomic E-state index is -0.232. The summed E-state index contributed by atoms with van der Waals surface area (Å²) in [6.45, 7) is 6.57. The lowest BCUT2D eigenvalue weighted by atomic mass is 9.96. The Morgan fingerprint density at radius 2 is 2.05 bits per heavy atom. The molecule has 0 aromatic heterocycles. The SMILES string of the molecule is CCc1c(C(=O)OC)cccc1N1CCC(C)CC1. The third kappa shape index (κ3) is 2.91. The molecular formula is C16H23NO2. The van der Waals surface area contributed by atoms with Gasteiger partial charge >= 0.3 is 5.97 Å². The summed E-state index contributed by atoms with van der Waals surface area (Å²) in [5, 5.41) is 0. The van der Waals surface area contributed by atoms with Crippen molar-refractivity contribution < 1.29 is 9.53 Å². The largest absolute Gasteiger partial charge is 0.465 e. The highest BCUT2D eigenvalue weighted by Crippen LogP contribution is 2.29.